The SMILES string of the molecule is CCCCCCCCCCCC(=O)OC1C(OC2C(C)OC3OC4C(OC(CCCCC)CCCCCCCCCC(=O)OC3C2O)OC(CO)C(O)C4O)OC(C)C(OC2OC(C)C(OC(=O)C(C)CC)C(OC(=O)C(C)C(C)O)C2OC2OC(CO)C(O)C(O)C2O)C1O. The molecule has 6 aliphatic heterocycles. The van der Waals surface area contributed by atoms with Gasteiger partial charge in [0.25, 0.3) is 0 Å². The van der Waals surface area contributed by atoms with E-state index in [9.17, 15) is 70.2 Å². The van der Waals surface area contributed by atoms with Gasteiger partial charge in [-0.2, -0.15) is 0 Å². The lowest BCUT2D eigenvalue weighted by molar-refractivity contribution is -0.396. The first kappa shape index (κ1) is 82.0. The van der Waals surface area contributed by atoms with E-state index in [0.717, 1.165) is 96.3 Å². The van der Waals surface area contributed by atoms with Gasteiger partial charge in [0.2, 0.25) is 0 Å². The predicted molar refractivity (Wildman–Crippen MR) is 338 cm³/mol. The van der Waals surface area contributed by atoms with Crippen LogP contribution in [0.5, 0.6) is 0 Å². The second kappa shape index (κ2) is 41.2. The number of fused-ring (bicyclic) bond motifs is 2. The van der Waals surface area contributed by atoms with Gasteiger partial charge in [-0.05, 0) is 66.7 Å². The summed E-state index contributed by atoms with van der Waals surface area (Å²) in [7, 11) is 0. The summed E-state index contributed by atoms with van der Waals surface area (Å²) in [6.07, 6.45) is -25.2. The molecule has 6 saturated heterocycles. The number of aliphatic hydroxyl groups excluding tert-OH is 10. The van der Waals surface area contributed by atoms with Gasteiger partial charge < -0.3 is 117 Å². The molecule has 29 unspecified atom stereocenters. The third-order valence-electron chi connectivity index (χ3n) is 19.6. The number of aliphatic hydroxyl groups is 10. The summed E-state index contributed by atoms with van der Waals surface area (Å²) in [4.78, 5) is 55.7. The molecule has 0 spiro atoms. The molecule has 6 fully saturated rings. The highest BCUT2D eigenvalue weighted by Crippen LogP contribution is 2.40. The molecule has 0 radical (unpaired) electrons. The normalized spacial score (nSPS) is 39.5. The van der Waals surface area contributed by atoms with Crippen molar-refractivity contribution in [2.45, 2.75) is 382 Å². The van der Waals surface area contributed by atoms with Gasteiger partial charge in [0.05, 0.1) is 55.6 Å². The third kappa shape index (κ3) is 23.0. The van der Waals surface area contributed by atoms with Crippen LogP contribution in [0.3, 0.4) is 0 Å². The third-order valence-corrected chi connectivity index (χ3v) is 19.6. The lowest BCUT2D eigenvalue weighted by Gasteiger charge is -2.50. The number of unbranched alkanes of at least 4 members (excludes halogenated alkanes) is 10. The van der Waals surface area contributed by atoms with Crippen molar-refractivity contribution in [3.05, 3.63) is 0 Å². The van der Waals surface area contributed by atoms with Crippen molar-refractivity contribution in [1.29, 1.82) is 0 Å². The highest BCUT2D eigenvalue weighted by molar-refractivity contribution is 5.74. The second-order valence-corrected chi connectivity index (χ2v) is 27.3. The van der Waals surface area contributed by atoms with E-state index in [4.69, 9.17) is 66.3 Å². The number of hydrogen-bond acceptors (Lipinski definition) is 28. The minimum absolute atomic E-state index is 0.0615. The van der Waals surface area contributed by atoms with Crippen molar-refractivity contribution in [3.63, 3.8) is 0 Å². The second-order valence-electron chi connectivity index (χ2n) is 27.3. The molecule has 6 heterocycles. The smallest absolute Gasteiger partial charge is 0.311 e. The van der Waals surface area contributed by atoms with E-state index in [1.165, 1.54) is 34.6 Å². The van der Waals surface area contributed by atoms with Gasteiger partial charge in [0.1, 0.15) is 73.2 Å². The molecule has 0 bridgehead atoms. The van der Waals surface area contributed by atoms with Gasteiger partial charge >= 0.3 is 23.9 Å². The van der Waals surface area contributed by atoms with Crippen LogP contribution >= 0.6 is 0 Å². The first-order valence-electron chi connectivity index (χ1n) is 35.9. The van der Waals surface area contributed by atoms with E-state index in [0.29, 0.717) is 44.9 Å². The number of esters is 4. The minimum Gasteiger partial charge on any atom is -0.455 e. The Bertz CT molecular complexity index is 2250. The average Bonchev–Trinajstić information content (AvgIpc) is 0.774. The van der Waals surface area contributed by atoms with E-state index in [-0.39, 0.29) is 18.9 Å². The molecule has 0 aromatic heterocycles. The molecule has 28 nitrogen and oxygen atoms in total. The first-order chi connectivity index (χ1) is 45.9. The van der Waals surface area contributed by atoms with Crippen LogP contribution in [0.15, 0.2) is 0 Å². The number of ether oxygens (including phenoxy) is 14. The number of rotatable bonds is 29. The summed E-state index contributed by atoms with van der Waals surface area (Å²) in [6, 6.07) is 0. The van der Waals surface area contributed by atoms with E-state index in [2.05, 4.69) is 13.8 Å². The van der Waals surface area contributed by atoms with Crippen LogP contribution in [0.1, 0.15) is 216 Å². The zero-order valence-corrected chi connectivity index (χ0v) is 57.9. The number of hydrogen-bond donors (Lipinski definition) is 10. The van der Waals surface area contributed by atoms with E-state index >= 15 is 0 Å². The van der Waals surface area contributed by atoms with E-state index < -0.39 is 209 Å². The molecule has 0 aromatic carbocycles. The fraction of sp³-hybridized carbons (Fsp3) is 0.941. The van der Waals surface area contributed by atoms with Crippen LogP contribution in [-0.2, 0) is 85.5 Å². The molecule has 558 valence electrons. The zero-order chi connectivity index (χ0) is 70.3. The molecular formula is C68H118O28. The lowest BCUT2D eigenvalue weighted by atomic mass is 9.95. The summed E-state index contributed by atoms with van der Waals surface area (Å²) >= 11 is 0. The topological polar surface area (TPSA) is 400 Å². The van der Waals surface area contributed by atoms with Crippen molar-refractivity contribution in [3.8, 4) is 0 Å². The van der Waals surface area contributed by atoms with Gasteiger partial charge in [-0.3, -0.25) is 19.2 Å². The monoisotopic (exact) mass is 1380 g/mol. The van der Waals surface area contributed by atoms with E-state index in [1.54, 1.807) is 13.8 Å². The first-order valence-corrected chi connectivity index (χ1v) is 35.9. The Morgan fingerprint density at radius 1 is 0.479 bits per heavy atom. The molecule has 0 aromatic rings. The molecule has 6 rings (SSSR count). The summed E-state index contributed by atoms with van der Waals surface area (Å²) < 4.78 is 88.2. The Balaban J connectivity index is 1.35. The van der Waals surface area contributed by atoms with Crippen molar-refractivity contribution in [2.75, 3.05) is 13.2 Å². The average molecular weight is 1380 g/mol. The van der Waals surface area contributed by atoms with Crippen LogP contribution in [0.4, 0.5) is 0 Å². The maximum atomic E-state index is 14.2. The van der Waals surface area contributed by atoms with Crippen molar-refractivity contribution >= 4 is 23.9 Å². The molecule has 0 saturated carbocycles. The van der Waals surface area contributed by atoms with Crippen molar-refractivity contribution in [1.82, 2.24) is 0 Å². The van der Waals surface area contributed by atoms with Crippen molar-refractivity contribution in [2.24, 2.45) is 11.8 Å². The van der Waals surface area contributed by atoms with Crippen molar-refractivity contribution < 1.29 is 137 Å². The molecule has 0 aliphatic carbocycles. The largest absolute Gasteiger partial charge is 0.455 e. The standard InChI is InChI=1S/C68H118O28/c1-10-13-15-16-17-18-21-24-28-32-45(72)89-58-53(80)55(94-68-61(96-64-51(78)49(76)47(74)43(34-69)87-64)60(92-63(82)37(5)38(6)71)56(41(9)85-68)91-62(81)36(4)12-3)40(8)83-65(58)93-54-39(7)84-66-59(52(54)79)90-46(73)33-29-25-22-19-20-23-27-31-42(30-26-14-11-2)86-67-57(95-66)50(77)48(75)44(35-70)88-67/h36-44,47-61,64-71,74-80H,10-35H2,1-9H3. The molecular weight excluding hydrogens is 1260 g/mol. The van der Waals surface area contributed by atoms with Gasteiger partial charge in [0, 0.05) is 12.8 Å². The Kier molecular flexibility index (Phi) is 35.3. The molecule has 10 N–H and O–H groups in total. The highest BCUT2D eigenvalue weighted by atomic mass is 16.8. The summed E-state index contributed by atoms with van der Waals surface area (Å²) in [5.74, 6) is -5.16. The quantitative estimate of drug-likeness (QED) is 0.0289. The van der Waals surface area contributed by atoms with Crippen LogP contribution in [-0.4, -0.2) is 254 Å². The van der Waals surface area contributed by atoms with E-state index in [1.807, 2.05) is 0 Å². The van der Waals surface area contributed by atoms with Gasteiger partial charge in [-0.25, -0.2) is 0 Å². The molecule has 6 aliphatic rings. The van der Waals surface area contributed by atoms with Crippen LogP contribution in [0.2, 0.25) is 0 Å². The number of carbonyl (C=O) groups is 4. The zero-order valence-electron chi connectivity index (χ0n) is 57.9. The lowest BCUT2D eigenvalue weighted by Crippen LogP contribution is -2.68. The van der Waals surface area contributed by atoms with Crippen LogP contribution in [0.25, 0.3) is 0 Å². The van der Waals surface area contributed by atoms with Gasteiger partial charge in [-0.15, -0.1) is 0 Å². The molecule has 28 heteroatoms. The Morgan fingerprint density at radius 2 is 1.00 bits per heavy atom. The van der Waals surface area contributed by atoms with Crippen LogP contribution < -0.4 is 0 Å². The van der Waals surface area contributed by atoms with Gasteiger partial charge in [0.15, 0.2) is 62.0 Å². The Labute approximate surface area is 565 Å². The summed E-state index contributed by atoms with van der Waals surface area (Å²) in [5, 5.41) is 113. The Hall–Kier alpha value is -2.92. The minimum atomic E-state index is -2.05. The maximum absolute atomic E-state index is 14.2. The fourth-order valence-corrected chi connectivity index (χ4v) is 12.9. The summed E-state index contributed by atoms with van der Waals surface area (Å²) in [6.45, 7) is 13.2. The fourth-order valence-electron chi connectivity index (χ4n) is 12.9. The Morgan fingerprint density at radius 3 is 1.62 bits per heavy atom. The van der Waals surface area contributed by atoms with Crippen LogP contribution in [0, 0.1) is 11.8 Å². The molecule has 29 atom stereocenters. The number of carbonyl (C=O) groups excluding carboxylic acids is 4. The summed E-state index contributed by atoms with van der Waals surface area (Å²) in [5.41, 5.74) is 0. The molecule has 96 heavy (non-hydrogen) atoms. The maximum Gasteiger partial charge on any atom is 0.311 e. The molecule has 0 amide bonds. The highest BCUT2D eigenvalue weighted by Gasteiger charge is 2.59. The predicted octanol–water partition coefficient (Wildman–Crippen LogP) is 3.84. The van der Waals surface area contributed by atoms with Gasteiger partial charge in [-0.1, -0.05) is 137 Å².